The first-order valence-electron chi connectivity index (χ1n) is 6.41. The maximum Gasteiger partial charge on any atom is 0.225 e. The molecule has 0 spiro atoms. The van der Waals surface area contributed by atoms with Crippen LogP contribution >= 0.6 is 15.9 Å². The molecule has 0 aliphatic carbocycles. The van der Waals surface area contributed by atoms with Gasteiger partial charge in [0.1, 0.15) is 0 Å². The van der Waals surface area contributed by atoms with Gasteiger partial charge in [0.25, 0.3) is 0 Å². The van der Waals surface area contributed by atoms with Crippen molar-refractivity contribution in [2.75, 3.05) is 18.0 Å². The Bertz CT molecular complexity index is 349. The van der Waals surface area contributed by atoms with Gasteiger partial charge in [0.2, 0.25) is 5.95 Å². The molecule has 1 fully saturated rings. The first kappa shape index (κ1) is 12.8. The number of piperidine rings is 1. The van der Waals surface area contributed by atoms with Crippen LogP contribution in [0.3, 0.4) is 0 Å². The van der Waals surface area contributed by atoms with E-state index in [2.05, 4.69) is 44.6 Å². The van der Waals surface area contributed by atoms with E-state index in [1.807, 2.05) is 12.4 Å². The topological polar surface area (TPSA) is 29.0 Å². The molecule has 0 amide bonds. The van der Waals surface area contributed by atoms with E-state index in [4.69, 9.17) is 0 Å². The predicted octanol–water partition coefficient (Wildman–Crippen LogP) is 3.65. The van der Waals surface area contributed by atoms with Crippen LogP contribution in [-0.4, -0.2) is 23.1 Å². The third-order valence-electron chi connectivity index (χ3n) is 4.21. The van der Waals surface area contributed by atoms with Gasteiger partial charge in [0.15, 0.2) is 0 Å². The highest BCUT2D eigenvalue weighted by molar-refractivity contribution is 9.10. The van der Waals surface area contributed by atoms with Gasteiger partial charge >= 0.3 is 0 Å². The van der Waals surface area contributed by atoms with E-state index < -0.39 is 0 Å². The molecule has 1 aliphatic heterocycles. The Morgan fingerprint density at radius 2 is 1.71 bits per heavy atom. The van der Waals surface area contributed by atoms with Gasteiger partial charge in [-0.25, -0.2) is 9.97 Å². The van der Waals surface area contributed by atoms with Gasteiger partial charge < -0.3 is 4.90 Å². The number of nitrogens with zero attached hydrogens (tertiary/aromatic N) is 3. The van der Waals surface area contributed by atoms with Gasteiger partial charge in [-0.3, -0.25) is 0 Å². The summed E-state index contributed by atoms with van der Waals surface area (Å²) < 4.78 is 0.940. The van der Waals surface area contributed by atoms with Crippen molar-refractivity contribution in [3.8, 4) is 0 Å². The molecule has 0 radical (unpaired) electrons. The molecule has 2 heterocycles. The molecule has 3 nitrogen and oxygen atoms in total. The van der Waals surface area contributed by atoms with E-state index in [9.17, 15) is 0 Å². The van der Waals surface area contributed by atoms with Crippen LogP contribution in [0.25, 0.3) is 0 Å². The third-order valence-corrected chi connectivity index (χ3v) is 4.62. The van der Waals surface area contributed by atoms with Crippen LogP contribution in [0.5, 0.6) is 0 Å². The summed E-state index contributed by atoms with van der Waals surface area (Å²) in [6.45, 7) is 6.80. The third kappa shape index (κ3) is 2.79. The van der Waals surface area contributed by atoms with E-state index in [-0.39, 0.29) is 0 Å². The van der Waals surface area contributed by atoms with E-state index in [0.29, 0.717) is 5.41 Å². The lowest BCUT2D eigenvalue weighted by Crippen LogP contribution is -2.40. The fraction of sp³-hybridized carbons (Fsp3) is 0.692. The first-order chi connectivity index (χ1) is 8.19. The Hall–Kier alpha value is -0.640. The smallest absolute Gasteiger partial charge is 0.225 e. The molecule has 1 aromatic heterocycles. The van der Waals surface area contributed by atoms with Crippen molar-refractivity contribution in [2.24, 2.45) is 5.41 Å². The minimum Gasteiger partial charge on any atom is -0.341 e. The van der Waals surface area contributed by atoms with Crippen molar-refractivity contribution in [3.63, 3.8) is 0 Å². The van der Waals surface area contributed by atoms with Crippen LogP contribution in [0.1, 0.15) is 39.5 Å². The zero-order chi connectivity index (χ0) is 12.3. The SMILES string of the molecule is CCC1(CC)CCN(c2ncc(Br)cn2)CC1. The molecule has 0 unspecified atom stereocenters. The molecule has 17 heavy (non-hydrogen) atoms. The van der Waals surface area contributed by atoms with Gasteiger partial charge in [-0.2, -0.15) is 0 Å². The number of anilines is 1. The second-order valence-electron chi connectivity index (χ2n) is 4.90. The van der Waals surface area contributed by atoms with Crippen LogP contribution in [0.4, 0.5) is 5.95 Å². The quantitative estimate of drug-likeness (QED) is 0.853. The highest BCUT2D eigenvalue weighted by Crippen LogP contribution is 2.38. The van der Waals surface area contributed by atoms with Crippen molar-refractivity contribution < 1.29 is 0 Å². The van der Waals surface area contributed by atoms with Crippen molar-refractivity contribution >= 4 is 21.9 Å². The van der Waals surface area contributed by atoms with Crippen molar-refractivity contribution in [3.05, 3.63) is 16.9 Å². The molecule has 0 N–H and O–H groups in total. The maximum atomic E-state index is 4.37. The van der Waals surface area contributed by atoms with Crippen molar-refractivity contribution in [2.45, 2.75) is 39.5 Å². The second kappa shape index (κ2) is 5.34. The minimum absolute atomic E-state index is 0.561. The van der Waals surface area contributed by atoms with Crippen molar-refractivity contribution in [1.29, 1.82) is 0 Å². The predicted molar refractivity (Wildman–Crippen MR) is 74.2 cm³/mol. The fourth-order valence-corrected chi connectivity index (χ4v) is 2.81. The van der Waals surface area contributed by atoms with Gasteiger partial charge in [-0.15, -0.1) is 0 Å². The average Bonchev–Trinajstić information content (AvgIpc) is 2.40. The maximum absolute atomic E-state index is 4.37. The summed E-state index contributed by atoms with van der Waals surface area (Å²) in [6.07, 6.45) is 8.75. The summed E-state index contributed by atoms with van der Waals surface area (Å²) in [4.78, 5) is 11.0. The molecule has 0 saturated carbocycles. The van der Waals surface area contributed by atoms with Crippen LogP contribution in [0.15, 0.2) is 16.9 Å². The number of rotatable bonds is 3. The van der Waals surface area contributed by atoms with Gasteiger partial charge in [-0.1, -0.05) is 26.7 Å². The molecule has 0 bridgehead atoms. The number of aromatic nitrogens is 2. The molecule has 0 aromatic carbocycles. The zero-order valence-electron chi connectivity index (χ0n) is 10.6. The van der Waals surface area contributed by atoms with E-state index in [0.717, 1.165) is 23.5 Å². The van der Waals surface area contributed by atoms with Crippen molar-refractivity contribution in [1.82, 2.24) is 9.97 Å². The van der Waals surface area contributed by atoms with Gasteiger partial charge in [0, 0.05) is 25.5 Å². The largest absolute Gasteiger partial charge is 0.341 e. The molecule has 1 saturated heterocycles. The van der Waals surface area contributed by atoms with Gasteiger partial charge in [-0.05, 0) is 34.2 Å². The van der Waals surface area contributed by atoms with E-state index in [1.54, 1.807) is 0 Å². The van der Waals surface area contributed by atoms with Crippen LogP contribution in [-0.2, 0) is 0 Å². The van der Waals surface area contributed by atoms with Gasteiger partial charge in [0.05, 0.1) is 4.47 Å². The Balaban J connectivity index is 2.01. The Labute approximate surface area is 112 Å². The molecule has 1 aromatic rings. The molecule has 94 valence electrons. The second-order valence-corrected chi connectivity index (χ2v) is 5.81. The zero-order valence-corrected chi connectivity index (χ0v) is 12.2. The summed E-state index contributed by atoms with van der Waals surface area (Å²) >= 11 is 3.37. The summed E-state index contributed by atoms with van der Waals surface area (Å²) in [5.74, 6) is 0.869. The highest BCUT2D eigenvalue weighted by atomic mass is 79.9. The summed E-state index contributed by atoms with van der Waals surface area (Å²) in [5, 5.41) is 0. The van der Waals surface area contributed by atoms with E-state index in [1.165, 1.54) is 25.7 Å². The lowest BCUT2D eigenvalue weighted by molar-refractivity contribution is 0.198. The first-order valence-corrected chi connectivity index (χ1v) is 7.21. The lowest BCUT2D eigenvalue weighted by Gasteiger charge is -2.40. The Morgan fingerprint density at radius 1 is 1.18 bits per heavy atom. The molecule has 1 aliphatic rings. The Kier molecular flexibility index (Phi) is 4.02. The average molecular weight is 298 g/mol. The van der Waals surface area contributed by atoms with E-state index >= 15 is 0 Å². The van der Waals surface area contributed by atoms with Crippen LogP contribution in [0.2, 0.25) is 0 Å². The molecule has 2 rings (SSSR count). The number of hydrogen-bond acceptors (Lipinski definition) is 3. The highest BCUT2D eigenvalue weighted by Gasteiger charge is 2.31. The summed E-state index contributed by atoms with van der Waals surface area (Å²) in [7, 11) is 0. The molecule has 4 heteroatoms. The minimum atomic E-state index is 0.561. The summed E-state index contributed by atoms with van der Waals surface area (Å²) in [6, 6.07) is 0. The molecular weight excluding hydrogens is 278 g/mol. The van der Waals surface area contributed by atoms with Crippen LogP contribution in [0, 0.1) is 5.41 Å². The Morgan fingerprint density at radius 3 is 2.18 bits per heavy atom. The van der Waals surface area contributed by atoms with Crippen LogP contribution < -0.4 is 4.90 Å². The summed E-state index contributed by atoms with van der Waals surface area (Å²) in [5.41, 5.74) is 0.561. The number of halogens is 1. The standard InChI is InChI=1S/C13H20BrN3/c1-3-13(4-2)5-7-17(8-6-13)12-15-9-11(14)10-16-12/h9-10H,3-8H2,1-2H3. The number of hydrogen-bond donors (Lipinski definition) is 0. The monoisotopic (exact) mass is 297 g/mol. The lowest BCUT2D eigenvalue weighted by atomic mass is 9.74. The molecule has 0 atom stereocenters. The normalized spacial score (nSPS) is 19.4. The molecular formula is C13H20BrN3. The fourth-order valence-electron chi connectivity index (χ4n) is 2.61.